The van der Waals surface area contributed by atoms with Crippen molar-refractivity contribution in [1.29, 1.82) is 0 Å². The Hall–Kier alpha value is -2.34. The molecule has 2 aromatic rings. The lowest BCUT2D eigenvalue weighted by molar-refractivity contribution is 0.100. The first kappa shape index (κ1) is 14.1. The summed E-state index contributed by atoms with van der Waals surface area (Å²) in [6.45, 7) is 0. The van der Waals surface area contributed by atoms with Gasteiger partial charge in [0, 0.05) is 21.4 Å². The molecule has 0 spiro atoms. The zero-order valence-corrected chi connectivity index (χ0v) is 12.0. The Labute approximate surface area is 124 Å². The van der Waals surface area contributed by atoms with Crippen LogP contribution in [-0.2, 0) is 0 Å². The summed E-state index contributed by atoms with van der Waals surface area (Å²) in [6.07, 6.45) is 0. The van der Waals surface area contributed by atoms with Gasteiger partial charge in [0.15, 0.2) is 0 Å². The molecule has 0 saturated heterocycles. The van der Waals surface area contributed by atoms with E-state index in [2.05, 4.69) is 26.6 Å². The topological polar surface area (TPSA) is 84.2 Å². The first-order valence-corrected chi connectivity index (χ1v) is 6.57. The normalized spacial score (nSPS) is 9.85. The van der Waals surface area contributed by atoms with Crippen LogP contribution in [-0.4, -0.2) is 11.9 Å². The van der Waals surface area contributed by atoms with E-state index in [-0.39, 0.29) is 6.03 Å². The quantitative estimate of drug-likeness (QED) is 0.805. The molecule has 6 heteroatoms. The van der Waals surface area contributed by atoms with Gasteiger partial charge in [-0.2, -0.15) is 0 Å². The number of urea groups is 1. The van der Waals surface area contributed by atoms with Gasteiger partial charge in [0.2, 0.25) is 5.91 Å². The van der Waals surface area contributed by atoms with Crippen LogP contribution in [0.5, 0.6) is 0 Å². The number of carbonyl (C=O) groups is 2. The van der Waals surface area contributed by atoms with E-state index in [1.165, 1.54) is 0 Å². The number of nitrogens with one attached hydrogen (secondary N) is 2. The highest BCUT2D eigenvalue weighted by Crippen LogP contribution is 2.15. The molecule has 0 fully saturated rings. The summed E-state index contributed by atoms with van der Waals surface area (Å²) < 4.78 is 0.936. The smallest absolute Gasteiger partial charge is 0.323 e. The molecular formula is C14H12BrN3O2. The van der Waals surface area contributed by atoms with Crippen molar-refractivity contribution >= 4 is 39.2 Å². The van der Waals surface area contributed by atoms with E-state index in [0.717, 1.165) is 4.47 Å². The fraction of sp³-hybridized carbons (Fsp3) is 0. The molecule has 5 nitrogen and oxygen atoms in total. The highest BCUT2D eigenvalue weighted by Gasteiger charge is 2.04. The molecule has 0 atom stereocenters. The molecule has 2 rings (SSSR count). The third kappa shape index (κ3) is 3.83. The first-order valence-electron chi connectivity index (χ1n) is 5.78. The summed E-state index contributed by atoms with van der Waals surface area (Å²) in [6, 6.07) is 13.2. The molecule has 0 saturated carbocycles. The lowest BCUT2D eigenvalue weighted by atomic mass is 10.2. The zero-order chi connectivity index (χ0) is 14.5. The van der Waals surface area contributed by atoms with Gasteiger partial charge in [0.1, 0.15) is 0 Å². The predicted molar refractivity (Wildman–Crippen MR) is 81.7 cm³/mol. The standard InChI is InChI=1S/C14H12BrN3O2/c15-10-3-7-12(8-4-10)18-14(20)17-11-5-1-9(2-6-11)13(16)19/h1-8H,(H2,16,19)(H2,17,18,20). The Morgan fingerprint density at radius 1 is 0.850 bits per heavy atom. The van der Waals surface area contributed by atoms with Gasteiger partial charge in [0.25, 0.3) is 0 Å². The molecule has 4 N–H and O–H groups in total. The van der Waals surface area contributed by atoms with Crippen LogP contribution in [0.25, 0.3) is 0 Å². The van der Waals surface area contributed by atoms with E-state index in [4.69, 9.17) is 5.73 Å². The number of rotatable bonds is 3. The molecule has 2 aromatic carbocycles. The molecule has 0 radical (unpaired) electrons. The van der Waals surface area contributed by atoms with Crippen molar-refractivity contribution in [1.82, 2.24) is 0 Å². The summed E-state index contributed by atoms with van der Waals surface area (Å²) in [7, 11) is 0. The second-order valence-corrected chi connectivity index (χ2v) is 4.94. The maximum Gasteiger partial charge on any atom is 0.323 e. The minimum atomic E-state index is -0.504. The maximum absolute atomic E-state index is 11.8. The SMILES string of the molecule is NC(=O)c1ccc(NC(=O)Nc2ccc(Br)cc2)cc1. The van der Waals surface area contributed by atoms with Gasteiger partial charge >= 0.3 is 6.03 Å². The van der Waals surface area contributed by atoms with Crippen LogP contribution in [0.3, 0.4) is 0 Å². The summed E-state index contributed by atoms with van der Waals surface area (Å²) in [5, 5.41) is 5.35. The van der Waals surface area contributed by atoms with Crippen molar-refractivity contribution in [3.63, 3.8) is 0 Å². The van der Waals surface area contributed by atoms with Crippen molar-refractivity contribution in [3.05, 3.63) is 58.6 Å². The van der Waals surface area contributed by atoms with Gasteiger partial charge < -0.3 is 16.4 Å². The van der Waals surface area contributed by atoms with Gasteiger partial charge in [0.05, 0.1) is 0 Å². The van der Waals surface area contributed by atoms with Crippen LogP contribution in [0.2, 0.25) is 0 Å². The monoisotopic (exact) mass is 333 g/mol. The Balaban J connectivity index is 1.97. The number of primary amides is 1. The van der Waals surface area contributed by atoms with Crippen LogP contribution in [0.1, 0.15) is 10.4 Å². The zero-order valence-electron chi connectivity index (χ0n) is 10.4. The maximum atomic E-state index is 11.8. The molecule has 3 amide bonds. The lowest BCUT2D eigenvalue weighted by Crippen LogP contribution is -2.19. The number of hydrogen-bond donors (Lipinski definition) is 3. The highest BCUT2D eigenvalue weighted by atomic mass is 79.9. The van der Waals surface area contributed by atoms with E-state index in [0.29, 0.717) is 16.9 Å². The van der Waals surface area contributed by atoms with Crippen molar-refractivity contribution in [3.8, 4) is 0 Å². The van der Waals surface area contributed by atoms with Gasteiger partial charge in [-0.3, -0.25) is 4.79 Å². The van der Waals surface area contributed by atoms with Crippen LogP contribution >= 0.6 is 15.9 Å². The second-order valence-electron chi connectivity index (χ2n) is 4.03. The number of halogens is 1. The van der Waals surface area contributed by atoms with E-state index >= 15 is 0 Å². The Kier molecular flexibility index (Phi) is 4.37. The van der Waals surface area contributed by atoms with Crippen LogP contribution < -0.4 is 16.4 Å². The molecular weight excluding hydrogens is 322 g/mol. The number of nitrogens with two attached hydrogens (primary N) is 1. The second kappa shape index (κ2) is 6.21. The molecule has 0 unspecified atom stereocenters. The number of benzene rings is 2. The average molecular weight is 334 g/mol. The van der Waals surface area contributed by atoms with Crippen LogP contribution in [0.4, 0.5) is 16.2 Å². The van der Waals surface area contributed by atoms with Gasteiger partial charge in [-0.1, -0.05) is 15.9 Å². The third-order valence-electron chi connectivity index (χ3n) is 2.53. The highest BCUT2D eigenvalue weighted by molar-refractivity contribution is 9.10. The van der Waals surface area contributed by atoms with Gasteiger partial charge in [-0.05, 0) is 48.5 Å². The fourth-order valence-electron chi connectivity index (χ4n) is 1.54. The molecule has 0 bridgehead atoms. The summed E-state index contributed by atoms with van der Waals surface area (Å²) in [5.41, 5.74) is 6.78. The number of anilines is 2. The van der Waals surface area contributed by atoms with Gasteiger partial charge in [-0.15, -0.1) is 0 Å². The lowest BCUT2D eigenvalue weighted by Gasteiger charge is -2.08. The Morgan fingerprint density at radius 3 is 1.75 bits per heavy atom. The molecule has 0 aliphatic rings. The van der Waals surface area contributed by atoms with Crippen LogP contribution in [0.15, 0.2) is 53.0 Å². The van der Waals surface area contributed by atoms with Crippen molar-refractivity contribution in [2.24, 2.45) is 5.73 Å². The number of amides is 3. The molecule has 102 valence electrons. The largest absolute Gasteiger partial charge is 0.366 e. The molecule has 20 heavy (non-hydrogen) atoms. The summed E-state index contributed by atoms with van der Waals surface area (Å²) >= 11 is 3.32. The minimum Gasteiger partial charge on any atom is -0.366 e. The van der Waals surface area contributed by atoms with E-state index in [9.17, 15) is 9.59 Å². The molecule has 0 heterocycles. The van der Waals surface area contributed by atoms with Crippen molar-refractivity contribution < 1.29 is 9.59 Å². The van der Waals surface area contributed by atoms with Crippen LogP contribution in [0, 0.1) is 0 Å². The van der Waals surface area contributed by atoms with Gasteiger partial charge in [-0.25, -0.2) is 4.79 Å². The predicted octanol–water partition coefficient (Wildman–Crippen LogP) is 3.19. The first-order chi connectivity index (χ1) is 9.54. The average Bonchev–Trinajstić information content (AvgIpc) is 2.42. The summed E-state index contributed by atoms with van der Waals surface area (Å²) in [5.74, 6) is -0.504. The van der Waals surface area contributed by atoms with E-state index in [1.54, 1.807) is 36.4 Å². The Morgan fingerprint density at radius 2 is 1.30 bits per heavy atom. The number of carbonyl (C=O) groups excluding carboxylic acids is 2. The van der Waals surface area contributed by atoms with E-state index in [1.807, 2.05) is 12.1 Å². The Bertz CT molecular complexity index is 624. The third-order valence-corrected chi connectivity index (χ3v) is 3.06. The minimum absolute atomic E-state index is 0.362. The summed E-state index contributed by atoms with van der Waals surface area (Å²) in [4.78, 5) is 22.7. The molecule has 0 aliphatic carbocycles. The fourth-order valence-corrected chi connectivity index (χ4v) is 1.81. The molecule has 0 aliphatic heterocycles. The molecule has 0 aromatic heterocycles. The van der Waals surface area contributed by atoms with E-state index < -0.39 is 5.91 Å². The van der Waals surface area contributed by atoms with Crippen molar-refractivity contribution in [2.45, 2.75) is 0 Å². The number of hydrogen-bond acceptors (Lipinski definition) is 2. The van der Waals surface area contributed by atoms with Crippen molar-refractivity contribution in [2.75, 3.05) is 10.6 Å².